The molecule has 3 N–H and O–H groups in total. The lowest BCUT2D eigenvalue weighted by Crippen LogP contribution is -2.37. The molecule has 1 unspecified atom stereocenters. The molecule has 1 rings (SSSR count). The van der Waals surface area contributed by atoms with Gasteiger partial charge in [-0.15, -0.1) is 0 Å². The fraction of sp³-hybridized carbons (Fsp3) is 0.545. The van der Waals surface area contributed by atoms with E-state index < -0.39 is 0 Å². The van der Waals surface area contributed by atoms with Gasteiger partial charge in [0.1, 0.15) is 0 Å². The number of nitrogens with two attached hydrogens (primary N) is 1. The van der Waals surface area contributed by atoms with Gasteiger partial charge >= 0.3 is 0 Å². The minimum Gasteiger partial charge on any atom is -0.271 e. The number of aryl methyl sites for hydroxylation is 1. The fourth-order valence-electron chi connectivity index (χ4n) is 1.50. The molecule has 1 aromatic heterocycles. The molecule has 0 aromatic carbocycles. The Hall–Kier alpha value is -0.930. The highest BCUT2D eigenvalue weighted by Crippen LogP contribution is 2.30. The van der Waals surface area contributed by atoms with Gasteiger partial charge in [0.05, 0.1) is 11.7 Å². The van der Waals surface area contributed by atoms with Gasteiger partial charge in [0.25, 0.3) is 0 Å². The van der Waals surface area contributed by atoms with Gasteiger partial charge in [-0.25, -0.2) is 0 Å². The van der Waals surface area contributed by atoms with Crippen LogP contribution in [-0.2, 0) is 0 Å². The van der Waals surface area contributed by atoms with Crippen LogP contribution in [-0.4, -0.2) is 4.98 Å². The second-order valence-corrected chi connectivity index (χ2v) is 4.67. The van der Waals surface area contributed by atoms with E-state index in [1.54, 1.807) is 0 Å². The zero-order valence-electron chi connectivity index (χ0n) is 9.33. The Balaban J connectivity index is 3.01. The highest BCUT2D eigenvalue weighted by Gasteiger charge is 2.25. The molecular formula is C11H19N3. The van der Waals surface area contributed by atoms with E-state index >= 15 is 0 Å². The predicted octanol–water partition coefficient (Wildman–Crippen LogP) is 1.94. The van der Waals surface area contributed by atoms with E-state index in [1.807, 2.05) is 25.1 Å². The smallest absolute Gasteiger partial charge is 0.0680 e. The molecule has 0 saturated heterocycles. The van der Waals surface area contributed by atoms with Crippen molar-refractivity contribution in [1.82, 2.24) is 10.4 Å². The number of nitrogens with one attached hydrogen (secondary N) is 1. The molecule has 0 spiro atoms. The van der Waals surface area contributed by atoms with Crippen LogP contribution in [0.25, 0.3) is 0 Å². The Labute approximate surface area is 85.7 Å². The first-order valence-electron chi connectivity index (χ1n) is 4.85. The van der Waals surface area contributed by atoms with Crippen molar-refractivity contribution in [3.63, 3.8) is 0 Å². The molecule has 0 amide bonds. The van der Waals surface area contributed by atoms with Crippen LogP contribution in [0.5, 0.6) is 0 Å². The zero-order chi connectivity index (χ0) is 10.8. The van der Waals surface area contributed by atoms with Gasteiger partial charge < -0.3 is 0 Å². The van der Waals surface area contributed by atoms with Crippen LogP contribution in [0, 0.1) is 12.3 Å². The molecule has 14 heavy (non-hydrogen) atoms. The summed E-state index contributed by atoms with van der Waals surface area (Å²) in [5.41, 5.74) is 4.91. The molecule has 0 radical (unpaired) electrons. The third-order valence-corrected chi connectivity index (χ3v) is 2.24. The quantitative estimate of drug-likeness (QED) is 0.557. The van der Waals surface area contributed by atoms with Crippen molar-refractivity contribution in [2.45, 2.75) is 33.7 Å². The van der Waals surface area contributed by atoms with Gasteiger partial charge in [-0.05, 0) is 24.5 Å². The molecule has 0 bridgehead atoms. The second kappa shape index (κ2) is 4.07. The third-order valence-electron chi connectivity index (χ3n) is 2.24. The number of rotatable bonds is 2. The van der Waals surface area contributed by atoms with Crippen LogP contribution in [0.15, 0.2) is 18.2 Å². The summed E-state index contributed by atoms with van der Waals surface area (Å²) in [6, 6.07) is 6.08. The van der Waals surface area contributed by atoms with Gasteiger partial charge in [-0.1, -0.05) is 26.8 Å². The van der Waals surface area contributed by atoms with E-state index in [0.717, 1.165) is 11.4 Å². The topological polar surface area (TPSA) is 50.9 Å². The lowest BCUT2D eigenvalue weighted by molar-refractivity contribution is 0.270. The molecule has 1 heterocycles. The monoisotopic (exact) mass is 193 g/mol. The maximum Gasteiger partial charge on any atom is 0.0680 e. The number of pyridine rings is 1. The average molecular weight is 193 g/mol. The molecule has 0 aliphatic heterocycles. The molecule has 0 fully saturated rings. The van der Waals surface area contributed by atoms with Crippen LogP contribution >= 0.6 is 0 Å². The van der Waals surface area contributed by atoms with Gasteiger partial charge in [-0.2, -0.15) is 0 Å². The van der Waals surface area contributed by atoms with Gasteiger partial charge in [0.15, 0.2) is 0 Å². The van der Waals surface area contributed by atoms with Crippen LogP contribution in [0.1, 0.15) is 38.2 Å². The lowest BCUT2D eigenvalue weighted by atomic mass is 9.85. The van der Waals surface area contributed by atoms with E-state index in [2.05, 4.69) is 31.2 Å². The molecule has 3 heteroatoms. The van der Waals surface area contributed by atoms with Crippen molar-refractivity contribution < 1.29 is 0 Å². The second-order valence-electron chi connectivity index (χ2n) is 4.67. The molecule has 1 atom stereocenters. The predicted molar refractivity (Wildman–Crippen MR) is 58.5 cm³/mol. The van der Waals surface area contributed by atoms with Crippen molar-refractivity contribution in [2.75, 3.05) is 0 Å². The zero-order valence-corrected chi connectivity index (χ0v) is 9.33. The molecule has 78 valence electrons. The fourth-order valence-corrected chi connectivity index (χ4v) is 1.50. The molecule has 1 aromatic rings. The maximum absolute atomic E-state index is 5.55. The van der Waals surface area contributed by atoms with E-state index in [0.29, 0.717) is 0 Å². The number of hydrazine groups is 1. The number of aromatic nitrogens is 1. The van der Waals surface area contributed by atoms with Crippen LogP contribution in [0.3, 0.4) is 0 Å². The Bertz CT molecular complexity index is 302. The van der Waals surface area contributed by atoms with Gasteiger partial charge in [0.2, 0.25) is 0 Å². The molecule has 0 aliphatic rings. The van der Waals surface area contributed by atoms with Crippen molar-refractivity contribution in [2.24, 2.45) is 11.3 Å². The summed E-state index contributed by atoms with van der Waals surface area (Å²) in [5.74, 6) is 5.55. The Morgan fingerprint density at radius 3 is 2.43 bits per heavy atom. The van der Waals surface area contributed by atoms with E-state index in [4.69, 9.17) is 5.84 Å². The first kappa shape index (κ1) is 11.1. The summed E-state index contributed by atoms with van der Waals surface area (Å²) < 4.78 is 0. The van der Waals surface area contributed by atoms with Crippen LogP contribution < -0.4 is 11.3 Å². The van der Waals surface area contributed by atoms with Crippen molar-refractivity contribution >= 4 is 0 Å². The summed E-state index contributed by atoms with van der Waals surface area (Å²) in [7, 11) is 0. The minimum absolute atomic E-state index is 0.0650. The normalized spacial score (nSPS) is 14.1. The SMILES string of the molecule is Cc1cccc(C(NN)C(C)(C)C)n1. The largest absolute Gasteiger partial charge is 0.271 e. The highest BCUT2D eigenvalue weighted by molar-refractivity contribution is 5.15. The summed E-state index contributed by atoms with van der Waals surface area (Å²) in [6.07, 6.45) is 0. The molecule has 0 saturated carbocycles. The van der Waals surface area contributed by atoms with Crippen LogP contribution in [0.2, 0.25) is 0 Å². The van der Waals surface area contributed by atoms with Gasteiger partial charge in [0, 0.05) is 5.69 Å². The average Bonchev–Trinajstić information content (AvgIpc) is 2.02. The Morgan fingerprint density at radius 1 is 1.36 bits per heavy atom. The summed E-state index contributed by atoms with van der Waals surface area (Å²) >= 11 is 0. The molecule has 3 nitrogen and oxygen atoms in total. The molecule has 0 aliphatic carbocycles. The Kier molecular flexibility index (Phi) is 3.24. The lowest BCUT2D eigenvalue weighted by Gasteiger charge is -2.29. The Morgan fingerprint density at radius 2 is 2.00 bits per heavy atom. The van der Waals surface area contributed by atoms with Crippen molar-refractivity contribution in [1.29, 1.82) is 0 Å². The third kappa shape index (κ3) is 2.53. The van der Waals surface area contributed by atoms with E-state index in [-0.39, 0.29) is 11.5 Å². The number of hydrogen-bond donors (Lipinski definition) is 2. The highest BCUT2D eigenvalue weighted by atomic mass is 15.2. The summed E-state index contributed by atoms with van der Waals surface area (Å²) in [6.45, 7) is 8.41. The van der Waals surface area contributed by atoms with Gasteiger partial charge in [-0.3, -0.25) is 16.3 Å². The van der Waals surface area contributed by atoms with Crippen LogP contribution in [0.4, 0.5) is 0 Å². The summed E-state index contributed by atoms with van der Waals surface area (Å²) in [4.78, 5) is 4.47. The number of nitrogens with zero attached hydrogens (tertiary/aromatic N) is 1. The first-order valence-corrected chi connectivity index (χ1v) is 4.85. The molecular weight excluding hydrogens is 174 g/mol. The summed E-state index contributed by atoms with van der Waals surface area (Å²) in [5, 5.41) is 0. The van der Waals surface area contributed by atoms with E-state index in [1.165, 1.54) is 0 Å². The number of hydrogen-bond acceptors (Lipinski definition) is 3. The first-order chi connectivity index (χ1) is 6.45. The van der Waals surface area contributed by atoms with Crippen molar-refractivity contribution in [3.05, 3.63) is 29.6 Å². The van der Waals surface area contributed by atoms with E-state index in [9.17, 15) is 0 Å². The van der Waals surface area contributed by atoms with Crippen molar-refractivity contribution in [3.8, 4) is 0 Å². The maximum atomic E-state index is 5.55. The minimum atomic E-state index is 0.0650. The standard InChI is InChI=1S/C11H19N3/c1-8-6-5-7-9(13-8)10(14-12)11(2,3)4/h5-7,10,14H,12H2,1-4H3.